The van der Waals surface area contributed by atoms with E-state index in [0.717, 1.165) is 12.8 Å². The molecule has 0 bridgehead atoms. The summed E-state index contributed by atoms with van der Waals surface area (Å²) in [6, 6.07) is 7.09. The second-order valence-corrected chi connectivity index (χ2v) is 5.94. The predicted octanol–water partition coefficient (Wildman–Crippen LogP) is 2.61. The van der Waals surface area contributed by atoms with Gasteiger partial charge in [-0.05, 0) is 37.8 Å². The Labute approximate surface area is 137 Å². The highest BCUT2D eigenvalue weighted by Crippen LogP contribution is 2.29. The molecule has 0 saturated heterocycles. The first-order chi connectivity index (χ1) is 11.1. The maximum Gasteiger partial charge on any atom is 0.319 e. The molecule has 6 nitrogen and oxygen atoms in total. The number of urea groups is 1. The zero-order valence-electron chi connectivity index (χ0n) is 13.8. The van der Waals surface area contributed by atoms with Crippen LogP contribution in [0, 0.1) is 0 Å². The number of carbonyl (C=O) groups is 2. The molecule has 23 heavy (non-hydrogen) atoms. The topological polar surface area (TPSA) is 70.7 Å². The molecule has 0 aliphatic heterocycles. The van der Waals surface area contributed by atoms with Crippen molar-refractivity contribution in [3.63, 3.8) is 0 Å². The summed E-state index contributed by atoms with van der Waals surface area (Å²) >= 11 is 0. The molecule has 0 heterocycles. The Morgan fingerprint density at radius 2 is 1.91 bits per heavy atom. The fourth-order valence-corrected chi connectivity index (χ4v) is 2.53. The highest BCUT2D eigenvalue weighted by atomic mass is 16.5. The summed E-state index contributed by atoms with van der Waals surface area (Å²) < 4.78 is 5.98. The molecule has 0 aromatic heterocycles. The van der Waals surface area contributed by atoms with Crippen LogP contribution >= 0.6 is 0 Å². The lowest BCUT2D eigenvalue weighted by Gasteiger charge is -2.17. The first-order valence-electron chi connectivity index (χ1n) is 8.07. The van der Waals surface area contributed by atoms with Gasteiger partial charge in [0, 0.05) is 27.1 Å². The summed E-state index contributed by atoms with van der Waals surface area (Å²) in [4.78, 5) is 24.9. The van der Waals surface area contributed by atoms with Crippen molar-refractivity contribution < 1.29 is 14.3 Å². The van der Waals surface area contributed by atoms with Crippen LogP contribution in [0.3, 0.4) is 0 Å². The molecule has 1 aliphatic rings. The summed E-state index contributed by atoms with van der Waals surface area (Å²) in [7, 11) is 3.39. The molecule has 126 valence electrons. The fourth-order valence-electron chi connectivity index (χ4n) is 2.53. The van der Waals surface area contributed by atoms with Crippen molar-refractivity contribution in [1.29, 1.82) is 0 Å². The van der Waals surface area contributed by atoms with Crippen LogP contribution in [0.25, 0.3) is 0 Å². The molecule has 6 heteroatoms. The molecule has 0 spiro atoms. The molecule has 1 aliphatic carbocycles. The second-order valence-electron chi connectivity index (χ2n) is 5.94. The van der Waals surface area contributed by atoms with Gasteiger partial charge in [0.25, 0.3) is 0 Å². The van der Waals surface area contributed by atoms with Gasteiger partial charge < -0.3 is 20.3 Å². The van der Waals surface area contributed by atoms with Crippen LogP contribution in [0.1, 0.15) is 32.1 Å². The number of para-hydroxylation sites is 2. The SMILES string of the molecule is CN(C)C(=O)CCNC(=O)Nc1ccccc1OC1CCCC1. The van der Waals surface area contributed by atoms with E-state index in [0.29, 0.717) is 18.0 Å². The van der Waals surface area contributed by atoms with Crippen LogP contribution < -0.4 is 15.4 Å². The van der Waals surface area contributed by atoms with Gasteiger partial charge in [-0.25, -0.2) is 4.79 Å². The Balaban J connectivity index is 1.84. The van der Waals surface area contributed by atoms with E-state index in [9.17, 15) is 9.59 Å². The van der Waals surface area contributed by atoms with E-state index in [-0.39, 0.29) is 24.5 Å². The van der Waals surface area contributed by atoms with Crippen LogP contribution in [-0.4, -0.2) is 43.6 Å². The van der Waals surface area contributed by atoms with Gasteiger partial charge in [-0.15, -0.1) is 0 Å². The first kappa shape index (κ1) is 17.1. The van der Waals surface area contributed by atoms with E-state index < -0.39 is 0 Å². The average Bonchev–Trinajstić information content (AvgIpc) is 3.02. The number of hydrogen-bond donors (Lipinski definition) is 2. The zero-order chi connectivity index (χ0) is 16.7. The molecule has 1 aromatic carbocycles. The van der Waals surface area contributed by atoms with Gasteiger partial charge in [0.15, 0.2) is 0 Å². The number of nitrogens with one attached hydrogen (secondary N) is 2. The monoisotopic (exact) mass is 319 g/mol. The number of benzene rings is 1. The molecule has 2 N–H and O–H groups in total. The maximum absolute atomic E-state index is 12.0. The summed E-state index contributed by atoms with van der Waals surface area (Å²) in [5, 5.41) is 5.47. The average molecular weight is 319 g/mol. The zero-order valence-corrected chi connectivity index (χ0v) is 13.8. The third-order valence-electron chi connectivity index (χ3n) is 3.85. The molecule has 3 amide bonds. The molecule has 2 rings (SSSR count). The number of anilines is 1. The first-order valence-corrected chi connectivity index (χ1v) is 8.07. The van der Waals surface area contributed by atoms with E-state index in [4.69, 9.17) is 4.74 Å². The summed E-state index contributed by atoms with van der Waals surface area (Å²) in [5.41, 5.74) is 0.649. The van der Waals surface area contributed by atoms with Crippen LogP contribution in [0.2, 0.25) is 0 Å². The standard InChI is InChI=1S/C17H25N3O3/c1-20(2)16(21)11-12-18-17(22)19-14-9-5-6-10-15(14)23-13-7-3-4-8-13/h5-6,9-10,13H,3-4,7-8,11-12H2,1-2H3,(H2,18,19,22). The Morgan fingerprint density at radius 3 is 2.61 bits per heavy atom. The summed E-state index contributed by atoms with van der Waals surface area (Å²) in [6.07, 6.45) is 5.03. The van der Waals surface area contributed by atoms with Gasteiger partial charge in [-0.1, -0.05) is 12.1 Å². The van der Waals surface area contributed by atoms with Gasteiger partial charge in [0.2, 0.25) is 5.91 Å². The maximum atomic E-state index is 12.0. The van der Waals surface area contributed by atoms with E-state index in [1.54, 1.807) is 14.1 Å². The van der Waals surface area contributed by atoms with Crippen molar-refractivity contribution in [2.24, 2.45) is 0 Å². The molecular weight excluding hydrogens is 294 g/mol. The minimum absolute atomic E-state index is 0.0183. The Kier molecular flexibility index (Phi) is 6.26. The highest BCUT2D eigenvalue weighted by Gasteiger charge is 2.18. The fraction of sp³-hybridized carbons (Fsp3) is 0.529. The molecule has 0 atom stereocenters. The normalized spacial score (nSPS) is 14.3. The van der Waals surface area contributed by atoms with Crippen molar-refractivity contribution in [3.05, 3.63) is 24.3 Å². The Hall–Kier alpha value is -2.24. The Morgan fingerprint density at radius 1 is 1.22 bits per heavy atom. The van der Waals surface area contributed by atoms with Crippen molar-refractivity contribution in [2.75, 3.05) is 26.0 Å². The third kappa shape index (κ3) is 5.47. The van der Waals surface area contributed by atoms with Crippen LogP contribution in [0.4, 0.5) is 10.5 Å². The molecule has 1 aromatic rings. The molecule has 1 fully saturated rings. The summed E-state index contributed by atoms with van der Waals surface area (Å²) in [5.74, 6) is 0.675. The van der Waals surface area contributed by atoms with Gasteiger partial charge in [0.05, 0.1) is 11.8 Å². The van der Waals surface area contributed by atoms with E-state index >= 15 is 0 Å². The van der Waals surface area contributed by atoms with Gasteiger partial charge >= 0.3 is 6.03 Å². The van der Waals surface area contributed by atoms with Crippen LogP contribution in [-0.2, 0) is 4.79 Å². The number of amides is 3. The van der Waals surface area contributed by atoms with Crippen LogP contribution in [0.5, 0.6) is 5.75 Å². The largest absolute Gasteiger partial charge is 0.488 e. The lowest BCUT2D eigenvalue weighted by molar-refractivity contribution is -0.128. The molecule has 0 radical (unpaired) electrons. The van der Waals surface area contributed by atoms with Crippen LogP contribution in [0.15, 0.2) is 24.3 Å². The minimum atomic E-state index is -0.334. The number of rotatable bonds is 6. The lowest BCUT2D eigenvalue weighted by atomic mass is 10.2. The Bertz CT molecular complexity index is 540. The molecule has 1 saturated carbocycles. The second kappa shape index (κ2) is 8.41. The quantitative estimate of drug-likeness (QED) is 0.846. The van der Waals surface area contributed by atoms with Crippen molar-refractivity contribution >= 4 is 17.6 Å². The van der Waals surface area contributed by atoms with E-state index in [1.165, 1.54) is 17.7 Å². The number of carbonyl (C=O) groups excluding carboxylic acids is 2. The van der Waals surface area contributed by atoms with Crippen molar-refractivity contribution in [1.82, 2.24) is 10.2 Å². The van der Waals surface area contributed by atoms with Crippen molar-refractivity contribution in [2.45, 2.75) is 38.2 Å². The molecule has 0 unspecified atom stereocenters. The van der Waals surface area contributed by atoms with E-state index in [1.807, 2.05) is 24.3 Å². The lowest BCUT2D eigenvalue weighted by Crippen LogP contribution is -2.33. The number of hydrogen-bond acceptors (Lipinski definition) is 3. The number of nitrogens with zero attached hydrogens (tertiary/aromatic N) is 1. The third-order valence-corrected chi connectivity index (χ3v) is 3.85. The highest BCUT2D eigenvalue weighted by molar-refractivity contribution is 5.91. The van der Waals surface area contributed by atoms with Gasteiger partial charge in [-0.3, -0.25) is 4.79 Å². The smallest absolute Gasteiger partial charge is 0.319 e. The minimum Gasteiger partial charge on any atom is -0.488 e. The summed E-state index contributed by atoms with van der Waals surface area (Å²) in [6.45, 7) is 0.300. The number of ether oxygens (including phenoxy) is 1. The van der Waals surface area contributed by atoms with E-state index in [2.05, 4.69) is 10.6 Å². The predicted molar refractivity (Wildman–Crippen MR) is 89.7 cm³/mol. The van der Waals surface area contributed by atoms with Gasteiger partial charge in [0.1, 0.15) is 5.75 Å². The van der Waals surface area contributed by atoms with Crippen molar-refractivity contribution in [3.8, 4) is 5.75 Å². The molecular formula is C17H25N3O3. The van der Waals surface area contributed by atoms with Gasteiger partial charge in [-0.2, -0.15) is 0 Å².